The molecule has 2 aromatic rings. The van der Waals surface area contributed by atoms with E-state index in [-0.39, 0.29) is 11.8 Å². The van der Waals surface area contributed by atoms with Gasteiger partial charge in [0.05, 0.1) is 19.1 Å². The number of benzene rings is 1. The first-order valence-electron chi connectivity index (χ1n) is 8.80. The Morgan fingerprint density at radius 1 is 1.33 bits per heavy atom. The maximum atomic E-state index is 12.7. The smallest absolute Gasteiger partial charge is 0.261 e. The van der Waals surface area contributed by atoms with Gasteiger partial charge in [-0.05, 0) is 12.0 Å². The van der Waals surface area contributed by atoms with E-state index in [0.717, 1.165) is 11.4 Å². The zero-order chi connectivity index (χ0) is 18.8. The summed E-state index contributed by atoms with van der Waals surface area (Å²) in [5.74, 6) is 0.242. The Morgan fingerprint density at radius 3 is 2.96 bits per heavy atom. The number of fused-ring (bicyclic) bond motifs is 1. The summed E-state index contributed by atoms with van der Waals surface area (Å²) in [4.78, 5) is 35.1. The summed E-state index contributed by atoms with van der Waals surface area (Å²) < 4.78 is 1.90. The lowest BCUT2D eigenvalue weighted by Gasteiger charge is -2.22. The number of aryl methyl sites for hydroxylation is 1. The quantitative estimate of drug-likeness (QED) is 0.800. The van der Waals surface area contributed by atoms with Crippen molar-refractivity contribution in [3.63, 3.8) is 0 Å². The predicted molar refractivity (Wildman–Crippen MR) is 99.6 cm³/mol. The molecule has 3 heterocycles. The Morgan fingerprint density at radius 2 is 2.15 bits per heavy atom. The molecule has 27 heavy (non-hydrogen) atoms. The average molecular weight is 367 g/mol. The molecule has 2 amide bonds. The molecule has 2 unspecified atom stereocenters. The van der Waals surface area contributed by atoms with Gasteiger partial charge < -0.3 is 9.88 Å². The second-order valence-electron chi connectivity index (χ2n) is 6.60. The Hall–Kier alpha value is -3.20. The second-order valence-corrected chi connectivity index (χ2v) is 6.60. The number of amides is 2. The van der Waals surface area contributed by atoms with Gasteiger partial charge in [-0.2, -0.15) is 0 Å². The van der Waals surface area contributed by atoms with Gasteiger partial charge in [0.25, 0.3) is 11.8 Å². The molecule has 2 aliphatic rings. The third-order valence-electron chi connectivity index (χ3n) is 4.73. The number of aromatic nitrogens is 2. The normalized spacial score (nSPS) is 21.9. The van der Waals surface area contributed by atoms with Crippen LogP contribution in [0.1, 0.15) is 12.0 Å². The van der Waals surface area contributed by atoms with Crippen LogP contribution in [0.3, 0.4) is 0 Å². The molecule has 1 aromatic carbocycles. The fraction of sp³-hybridized carbons (Fsp3) is 0.333. The van der Waals surface area contributed by atoms with Crippen LogP contribution in [0.5, 0.6) is 0 Å². The molecular formula is C18H21N7O2. The van der Waals surface area contributed by atoms with E-state index in [4.69, 9.17) is 0 Å². The van der Waals surface area contributed by atoms with Crippen LogP contribution in [0.4, 0.5) is 5.82 Å². The molecule has 2 N–H and O–H groups in total. The van der Waals surface area contributed by atoms with Gasteiger partial charge in [0.2, 0.25) is 0 Å². The first-order chi connectivity index (χ1) is 13.1. The van der Waals surface area contributed by atoms with Crippen LogP contribution in [0.15, 0.2) is 47.8 Å². The highest BCUT2D eigenvalue weighted by molar-refractivity contribution is 5.99. The van der Waals surface area contributed by atoms with Gasteiger partial charge in [0, 0.05) is 13.6 Å². The van der Waals surface area contributed by atoms with Crippen molar-refractivity contribution in [1.29, 1.82) is 0 Å². The van der Waals surface area contributed by atoms with Crippen molar-refractivity contribution in [2.75, 3.05) is 11.9 Å². The van der Waals surface area contributed by atoms with E-state index in [2.05, 4.69) is 20.7 Å². The number of nitrogens with zero attached hydrogens (tertiary/aromatic N) is 5. The lowest BCUT2D eigenvalue weighted by molar-refractivity contribution is -0.129. The number of hydrogen-bond acceptors (Lipinski definition) is 6. The molecule has 0 saturated heterocycles. The average Bonchev–Trinajstić information content (AvgIpc) is 3.32. The number of carbonyl (C=O) groups is 2. The van der Waals surface area contributed by atoms with Crippen LogP contribution in [-0.2, 0) is 22.7 Å². The third-order valence-corrected chi connectivity index (χ3v) is 4.73. The van der Waals surface area contributed by atoms with Crippen molar-refractivity contribution >= 4 is 24.0 Å². The number of anilines is 1. The Bertz CT molecular complexity index is 864. The zero-order valence-corrected chi connectivity index (χ0v) is 14.9. The molecule has 0 saturated carbocycles. The largest absolute Gasteiger partial charge is 0.341 e. The molecule has 0 bridgehead atoms. The maximum Gasteiger partial charge on any atom is 0.261 e. The first kappa shape index (κ1) is 17.2. The number of hydrazine groups is 1. The van der Waals surface area contributed by atoms with E-state index in [9.17, 15) is 9.59 Å². The zero-order valence-electron chi connectivity index (χ0n) is 14.9. The van der Waals surface area contributed by atoms with Crippen molar-refractivity contribution in [2.45, 2.75) is 31.7 Å². The summed E-state index contributed by atoms with van der Waals surface area (Å²) in [6.45, 7) is 1.21. The first-order valence-corrected chi connectivity index (χ1v) is 8.80. The van der Waals surface area contributed by atoms with E-state index in [1.807, 2.05) is 34.9 Å². The maximum absolute atomic E-state index is 12.7. The number of rotatable bonds is 4. The summed E-state index contributed by atoms with van der Waals surface area (Å²) in [5, 5.41) is 4.59. The Balaban J connectivity index is 1.35. The molecular weight excluding hydrogens is 346 g/mol. The standard InChI is InChI=1S/C18H21N7O2/c1-23-15-9-19-11-24(15)8-7-14(18(23)27)21-17(26)16-20-12-25(22-16)10-13-5-3-2-4-6-13/h2-6,9,11-12,14,16,22H,7-8,10H2,1H3,(H,21,26). The fourth-order valence-corrected chi connectivity index (χ4v) is 3.25. The van der Waals surface area contributed by atoms with Gasteiger partial charge in [0.1, 0.15) is 18.2 Å². The minimum atomic E-state index is -0.740. The van der Waals surface area contributed by atoms with Crippen molar-refractivity contribution in [1.82, 2.24) is 25.3 Å². The van der Waals surface area contributed by atoms with E-state index >= 15 is 0 Å². The number of carbonyl (C=O) groups excluding carboxylic acids is 2. The Labute approximate surface area is 156 Å². The van der Waals surface area contributed by atoms with E-state index in [0.29, 0.717) is 19.5 Å². The highest BCUT2D eigenvalue weighted by atomic mass is 16.2. The predicted octanol–water partition coefficient (Wildman–Crippen LogP) is 0.109. The molecule has 0 radical (unpaired) electrons. The van der Waals surface area contributed by atoms with Crippen LogP contribution in [0.25, 0.3) is 0 Å². The van der Waals surface area contributed by atoms with Crippen LogP contribution in [-0.4, -0.2) is 52.0 Å². The monoisotopic (exact) mass is 367 g/mol. The molecule has 140 valence electrons. The van der Waals surface area contributed by atoms with Crippen molar-refractivity contribution in [2.24, 2.45) is 4.99 Å². The van der Waals surface area contributed by atoms with Gasteiger partial charge >= 0.3 is 0 Å². The van der Waals surface area contributed by atoms with Crippen LogP contribution in [0.2, 0.25) is 0 Å². The molecule has 4 rings (SSSR count). The number of nitrogens with one attached hydrogen (secondary N) is 2. The summed E-state index contributed by atoms with van der Waals surface area (Å²) in [6.07, 6.45) is 4.70. The van der Waals surface area contributed by atoms with Crippen molar-refractivity contribution in [3.05, 3.63) is 48.4 Å². The van der Waals surface area contributed by atoms with E-state index < -0.39 is 12.2 Å². The number of hydrogen-bond donors (Lipinski definition) is 2. The summed E-state index contributed by atoms with van der Waals surface area (Å²) >= 11 is 0. The molecule has 2 aliphatic heterocycles. The summed E-state index contributed by atoms with van der Waals surface area (Å²) in [5.41, 5.74) is 4.15. The van der Waals surface area contributed by atoms with Gasteiger partial charge in [-0.3, -0.25) is 19.5 Å². The topological polar surface area (TPSA) is 94.9 Å². The molecule has 1 aromatic heterocycles. The minimum absolute atomic E-state index is 0.161. The van der Waals surface area contributed by atoms with Crippen molar-refractivity contribution < 1.29 is 9.59 Å². The van der Waals surface area contributed by atoms with Gasteiger partial charge in [0.15, 0.2) is 6.17 Å². The van der Waals surface area contributed by atoms with E-state index in [1.165, 1.54) is 4.90 Å². The Kier molecular flexibility index (Phi) is 4.59. The van der Waals surface area contributed by atoms with Crippen LogP contribution < -0.4 is 15.6 Å². The summed E-state index contributed by atoms with van der Waals surface area (Å²) in [6, 6.07) is 9.31. The molecule has 2 atom stereocenters. The van der Waals surface area contributed by atoms with Crippen LogP contribution >= 0.6 is 0 Å². The van der Waals surface area contributed by atoms with Crippen molar-refractivity contribution in [3.8, 4) is 0 Å². The van der Waals surface area contributed by atoms with Crippen LogP contribution in [0, 0.1) is 0 Å². The van der Waals surface area contributed by atoms with E-state index in [1.54, 1.807) is 30.9 Å². The third kappa shape index (κ3) is 3.54. The van der Waals surface area contributed by atoms with Gasteiger partial charge in [-0.25, -0.2) is 15.4 Å². The fourth-order valence-electron chi connectivity index (χ4n) is 3.25. The highest BCUT2D eigenvalue weighted by Crippen LogP contribution is 2.19. The number of aliphatic imine (C=N–C) groups is 1. The van der Waals surface area contributed by atoms with Gasteiger partial charge in [-0.1, -0.05) is 30.3 Å². The molecule has 0 aliphatic carbocycles. The minimum Gasteiger partial charge on any atom is -0.341 e. The molecule has 9 heteroatoms. The highest BCUT2D eigenvalue weighted by Gasteiger charge is 2.32. The summed E-state index contributed by atoms with van der Waals surface area (Å²) in [7, 11) is 1.69. The number of likely N-dealkylation sites (N-methyl/N-ethyl adjacent to an activating group) is 1. The lowest BCUT2D eigenvalue weighted by atomic mass is 10.2. The molecule has 0 spiro atoms. The second kappa shape index (κ2) is 7.20. The lowest BCUT2D eigenvalue weighted by Crippen LogP contribution is -2.52. The number of imidazole rings is 1. The van der Waals surface area contributed by atoms with Gasteiger partial charge in [-0.15, -0.1) is 0 Å². The molecule has 9 nitrogen and oxygen atoms in total. The SMILES string of the molecule is CN1C(=O)C(NC(=O)C2N=CN(Cc3ccccc3)N2)CCn2cncc21. The molecule has 0 fully saturated rings.